The van der Waals surface area contributed by atoms with Crippen LogP contribution in [0.3, 0.4) is 0 Å². The van der Waals surface area contributed by atoms with Gasteiger partial charge in [-0.15, -0.1) is 0 Å². The van der Waals surface area contributed by atoms with Gasteiger partial charge in [-0.25, -0.2) is 9.82 Å². The van der Waals surface area contributed by atoms with Gasteiger partial charge in [0, 0.05) is 38.5 Å². The number of amides is 2. The third kappa shape index (κ3) is 7.64. The van der Waals surface area contributed by atoms with Crippen LogP contribution in [0.4, 0.5) is 4.39 Å². The summed E-state index contributed by atoms with van der Waals surface area (Å²) in [5, 5.41) is 17.9. The molecule has 0 aliphatic carbocycles. The molecule has 2 aliphatic rings. The zero-order valence-corrected chi connectivity index (χ0v) is 21.0. The van der Waals surface area contributed by atoms with E-state index in [1.807, 2.05) is 0 Å². The molecule has 1 fully saturated rings. The van der Waals surface area contributed by atoms with Crippen LogP contribution in [0.15, 0.2) is 47.6 Å². The summed E-state index contributed by atoms with van der Waals surface area (Å²) in [6.45, 7) is 1.31. The van der Waals surface area contributed by atoms with E-state index in [2.05, 4.69) is 15.8 Å². The number of likely N-dealkylation sites (tertiary alicyclic amines) is 1. The highest BCUT2D eigenvalue weighted by atomic mass is 35.5. The molecular formula is C26H30ClFN4O5. The number of hydrogen-bond acceptors (Lipinski definition) is 7. The second-order valence-electron chi connectivity index (χ2n) is 8.99. The Bertz CT molecular complexity index is 1140. The minimum absolute atomic E-state index is 0.0170. The van der Waals surface area contributed by atoms with E-state index in [1.54, 1.807) is 35.2 Å². The number of ether oxygens (including phenoxy) is 2. The molecule has 1 unspecified atom stereocenters. The highest BCUT2D eigenvalue weighted by molar-refractivity contribution is 6.32. The van der Waals surface area contributed by atoms with Crippen LogP contribution in [0.25, 0.3) is 0 Å². The maximum atomic E-state index is 13.6. The first-order chi connectivity index (χ1) is 17.9. The maximum absolute atomic E-state index is 13.6. The molecule has 0 bridgehead atoms. The van der Waals surface area contributed by atoms with Crippen LogP contribution in [0.1, 0.15) is 31.2 Å². The lowest BCUT2D eigenvalue weighted by atomic mass is 10.0. The Morgan fingerprint density at radius 3 is 2.68 bits per heavy atom. The zero-order valence-electron chi connectivity index (χ0n) is 20.3. The first-order valence-corrected chi connectivity index (χ1v) is 12.6. The number of halogens is 2. The van der Waals surface area contributed by atoms with E-state index in [-0.39, 0.29) is 36.8 Å². The van der Waals surface area contributed by atoms with E-state index in [0.29, 0.717) is 43.2 Å². The van der Waals surface area contributed by atoms with E-state index in [0.717, 1.165) is 24.1 Å². The van der Waals surface area contributed by atoms with Gasteiger partial charge in [0.05, 0.1) is 10.7 Å². The molecule has 0 spiro atoms. The van der Waals surface area contributed by atoms with Gasteiger partial charge in [-0.2, -0.15) is 5.10 Å². The fourth-order valence-corrected chi connectivity index (χ4v) is 4.39. The van der Waals surface area contributed by atoms with Gasteiger partial charge in [-0.3, -0.25) is 9.59 Å². The van der Waals surface area contributed by atoms with Crippen LogP contribution in [-0.4, -0.2) is 72.5 Å². The number of aliphatic hydroxyl groups excluding tert-OH is 1. The Labute approximate surface area is 219 Å². The minimum atomic E-state index is -0.784. The van der Waals surface area contributed by atoms with Crippen molar-refractivity contribution in [3.8, 4) is 11.5 Å². The number of hydrazone groups is 1. The van der Waals surface area contributed by atoms with Crippen molar-refractivity contribution in [3.05, 3.63) is 58.9 Å². The molecule has 2 aromatic carbocycles. The van der Waals surface area contributed by atoms with Crippen LogP contribution >= 0.6 is 11.6 Å². The largest absolute Gasteiger partial charge is 0.488 e. The van der Waals surface area contributed by atoms with Crippen LogP contribution in [-0.2, 0) is 9.59 Å². The number of para-hydroxylation sites is 1. The predicted octanol–water partition coefficient (Wildman–Crippen LogP) is 2.49. The molecule has 11 heteroatoms. The van der Waals surface area contributed by atoms with Crippen LogP contribution in [0, 0.1) is 5.82 Å². The maximum Gasteiger partial charge on any atom is 0.260 e. The van der Waals surface area contributed by atoms with Crippen molar-refractivity contribution >= 4 is 29.1 Å². The van der Waals surface area contributed by atoms with E-state index < -0.39 is 11.9 Å². The van der Waals surface area contributed by atoms with E-state index in [1.165, 1.54) is 12.1 Å². The summed E-state index contributed by atoms with van der Waals surface area (Å²) in [6, 6.07) is 11.4. The van der Waals surface area contributed by atoms with Crippen LogP contribution in [0.2, 0.25) is 5.02 Å². The van der Waals surface area contributed by atoms with Gasteiger partial charge in [0.1, 0.15) is 18.5 Å². The van der Waals surface area contributed by atoms with Gasteiger partial charge in [-0.1, -0.05) is 23.7 Å². The topological polar surface area (TPSA) is 112 Å². The second kappa shape index (κ2) is 12.8. The number of nitrogens with one attached hydrogen (secondary N) is 2. The van der Waals surface area contributed by atoms with E-state index in [9.17, 15) is 19.1 Å². The molecule has 4 rings (SSSR count). The van der Waals surface area contributed by atoms with Gasteiger partial charge in [0.25, 0.3) is 5.91 Å². The average molecular weight is 533 g/mol. The molecule has 37 heavy (non-hydrogen) atoms. The third-order valence-electron chi connectivity index (χ3n) is 6.28. The summed E-state index contributed by atoms with van der Waals surface area (Å²) >= 11 is 6.34. The number of hydrogen-bond donors (Lipinski definition) is 3. The van der Waals surface area contributed by atoms with Gasteiger partial charge in [-0.05, 0) is 48.7 Å². The van der Waals surface area contributed by atoms with Crippen molar-refractivity contribution in [2.45, 2.75) is 37.8 Å². The molecular weight excluding hydrogens is 503 g/mol. The summed E-state index contributed by atoms with van der Waals surface area (Å²) in [5.41, 5.74) is 4.00. The number of piperidine rings is 1. The van der Waals surface area contributed by atoms with Crippen molar-refractivity contribution < 1.29 is 28.6 Å². The molecule has 0 radical (unpaired) electrons. The molecule has 0 aromatic heterocycles. The lowest BCUT2D eigenvalue weighted by Gasteiger charge is -2.33. The zero-order chi connectivity index (χ0) is 26.2. The lowest BCUT2D eigenvalue weighted by molar-refractivity contribution is -0.134. The van der Waals surface area contributed by atoms with Crippen LogP contribution < -0.4 is 20.2 Å². The van der Waals surface area contributed by atoms with E-state index in [4.69, 9.17) is 21.1 Å². The molecule has 2 aromatic rings. The Hall–Kier alpha value is -3.21. The molecule has 1 atom stereocenters. The predicted molar refractivity (Wildman–Crippen MR) is 136 cm³/mol. The van der Waals surface area contributed by atoms with Gasteiger partial charge >= 0.3 is 0 Å². The Balaban J connectivity index is 1.15. The second-order valence-corrected chi connectivity index (χ2v) is 9.39. The van der Waals surface area contributed by atoms with Gasteiger partial charge in [0.2, 0.25) is 5.91 Å². The van der Waals surface area contributed by atoms with Gasteiger partial charge in [0.15, 0.2) is 18.2 Å². The molecule has 2 amide bonds. The number of benzene rings is 2. The highest BCUT2D eigenvalue weighted by Crippen LogP contribution is 2.27. The lowest BCUT2D eigenvalue weighted by Crippen LogP contribution is -2.48. The third-order valence-corrected chi connectivity index (χ3v) is 6.57. The average Bonchev–Trinajstić information content (AvgIpc) is 2.91. The summed E-state index contributed by atoms with van der Waals surface area (Å²) in [6.07, 6.45) is 1.60. The normalized spacial score (nSPS) is 17.1. The van der Waals surface area contributed by atoms with Crippen molar-refractivity contribution in [2.75, 3.05) is 32.8 Å². The molecule has 0 saturated carbocycles. The fraction of sp³-hybridized carbons (Fsp3) is 0.423. The molecule has 198 valence electrons. The molecule has 9 nitrogen and oxygen atoms in total. The molecule has 3 N–H and O–H groups in total. The standard InChI is InChI=1S/C26H30ClFN4O5/c27-20-13-17(22-6-8-25(34)31-30-22)5-7-23(20)37-16-26(35)32-11-9-18(10-12-32)29-14-19(33)15-36-24-4-2-1-3-21(24)28/h1-5,7,13,18-19,29,33H,6,8-12,14-16H2,(H,31,34). The van der Waals surface area contributed by atoms with Crippen molar-refractivity contribution in [1.82, 2.24) is 15.6 Å². The first kappa shape index (κ1) is 26.8. The summed E-state index contributed by atoms with van der Waals surface area (Å²) in [5.74, 6) is -0.189. The monoisotopic (exact) mass is 532 g/mol. The van der Waals surface area contributed by atoms with Crippen molar-refractivity contribution in [1.29, 1.82) is 0 Å². The number of rotatable bonds is 10. The van der Waals surface area contributed by atoms with E-state index >= 15 is 0 Å². The Morgan fingerprint density at radius 1 is 1.19 bits per heavy atom. The van der Waals surface area contributed by atoms with Crippen molar-refractivity contribution in [2.24, 2.45) is 5.10 Å². The molecule has 2 heterocycles. The van der Waals surface area contributed by atoms with Gasteiger partial charge < -0.3 is 24.8 Å². The number of carbonyl (C=O) groups is 2. The smallest absolute Gasteiger partial charge is 0.260 e. The SMILES string of the molecule is O=C1CCC(c2ccc(OCC(=O)N3CCC(NCC(O)COc4ccccc4F)CC3)c(Cl)c2)=NN1. The number of aliphatic hydroxyl groups is 1. The quantitative estimate of drug-likeness (QED) is 0.433. The van der Waals surface area contributed by atoms with Crippen LogP contribution in [0.5, 0.6) is 11.5 Å². The Morgan fingerprint density at radius 2 is 1.97 bits per heavy atom. The fourth-order valence-electron chi connectivity index (χ4n) is 4.15. The Kier molecular flexibility index (Phi) is 9.32. The molecule has 1 saturated heterocycles. The highest BCUT2D eigenvalue weighted by Gasteiger charge is 2.24. The number of carbonyl (C=O) groups excluding carboxylic acids is 2. The molecule has 2 aliphatic heterocycles. The van der Waals surface area contributed by atoms with Crippen molar-refractivity contribution in [3.63, 3.8) is 0 Å². The first-order valence-electron chi connectivity index (χ1n) is 12.2. The summed E-state index contributed by atoms with van der Waals surface area (Å²) < 4.78 is 24.6. The number of nitrogens with zero attached hydrogens (tertiary/aromatic N) is 2. The summed E-state index contributed by atoms with van der Waals surface area (Å²) in [7, 11) is 0. The summed E-state index contributed by atoms with van der Waals surface area (Å²) in [4.78, 5) is 25.7. The minimum Gasteiger partial charge on any atom is -0.488 e.